The molecule has 0 aromatic carbocycles. The fraction of sp³-hybridized carbons (Fsp3) is 0.714. The molecular formula is C7H12N2O2S. The van der Waals surface area contributed by atoms with Crippen LogP contribution in [0.2, 0.25) is 0 Å². The first-order valence-corrected chi connectivity index (χ1v) is 5.19. The van der Waals surface area contributed by atoms with Crippen molar-refractivity contribution >= 4 is 23.6 Å². The summed E-state index contributed by atoms with van der Waals surface area (Å²) in [4.78, 5) is 21.8. The maximum absolute atomic E-state index is 11.1. The fourth-order valence-electron chi connectivity index (χ4n) is 1.05. The minimum atomic E-state index is -0.236. The third-order valence-corrected chi connectivity index (χ3v) is 2.34. The van der Waals surface area contributed by atoms with Crippen LogP contribution in [-0.4, -0.2) is 36.4 Å². The number of piperazine rings is 1. The summed E-state index contributed by atoms with van der Waals surface area (Å²) in [6.45, 7) is 0.255. The van der Waals surface area contributed by atoms with E-state index in [1.54, 1.807) is 11.8 Å². The number of hydrogen-bond donors (Lipinski definition) is 2. The summed E-state index contributed by atoms with van der Waals surface area (Å²) >= 11 is 1.69. The van der Waals surface area contributed by atoms with Gasteiger partial charge in [0.05, 0.1) is 12.6 Å². The van der Waals surface area contributed by atoms with E-state index in [0.29, 0.717) is 0 Å². The van der Waals surface area contributed by atoms with Gasteiger partial charge in [0.15, 0.2) is 0 Å². The molecular weight excluding hydrogens is 176 g/mol. The largest absolute Gasteiger partial charge is 0.297 e. The van der Waals surface area contributed by atoms with Crippen LogP contribution in [0.1, 0.15) is 6.42 Å². The van der Waals surface area contributed by atoms with Crippen molar-refractivity contribution in [2.24, 2.45) is 0 Å². The lowest BCUT2D eigenvalue weighted by Crippen LogP contribution is -2.56. The van der Waals surface area contributed by atoms with Gasteiger partial charge < -0.3 is 0 Å². The molecule has 1 rings (SSSR count). The molecule has 1 heterocycles. The summed E-state index contributed by atoms with van der Waals surface area (Å²) in [5, 5.41) is 5.17. The van der Waals surface area contributed by atoms with Gasteiger partial charge in [-0.2, -0.15) is 11.8 Å². The zero-order valence-corrected chi connectivity index (χ0v) is 7.74. The molecule has 1 unspecified atom stereocenters. The lowest BCUT2D eigenvalue weighted by atomic mass is 10.2. The number of thioether (sulfide) groups is 1. The van der Waals surface area contributed by atoms with Crippen LogP contribution in [0.3, 0.4) is 0 Å². The molecule has 1 saturated heterocycles. The summed E-state index contributed by atoms with van der Waals surface area (Å²) in [5.41, 5.74) is 0. The van der Waals surface area contributed by atoms with E-state index in [9.17, 15) is 9.59 Å². The molecule has 68 valence electrons. The van der Waals surface area contributed by atoms with E-state index >= 15 is 0 Å². The van der Waals surface area contributed by atoms with E-state index in [1.165, 1.54) is 0 Å². The Kier molecular flexibility index (Phi) is 3.55. The molecule has 1 aliphatic heterocycles. The average Bonchev–Trinajstić information content (AvgIpc) is 2.03. The summed E-state index contributed by atoms with van der Waals surface area (Å²) in [5.74, 6) is 0.500. The second-order valence-electron chi connectivity index (χ2n) is 2.63. The zero-order valence-electron chi connectivity index (χ0n) is 6.92. The summed E-state index contributed by atoms with van der Waals surface area (Å²) in [6.07, 6.45) is 2.77. The number of nitrogens with one attached hydrogen (secondary N) is 2. The average molecular weight is 188 g/mol. The third kappa shape index (κ3) is 2.49. The van der Waals surface area contributed by atoms with E-state index in [1.807, 2.05) is 6.26 Å². The van der Waals surface area contributed by atoms with Crippen molar-refractivity contribution in [3.8, 4) is 0 Å². The first-order chi connectivity index (χ1) is 5.74. The Hall–Kier alpha value is -0.550. The molecule has 1 atom stereocenters. The van der Waals surface area contributed by atoms with Gasteiger partial charge in [-0.1, -0.05) is 0 Å². The first kappa shape index (κ1) is 9.54. The highest BCUT2D eigenvalue weighted by Gasteiger charge is 2.24. The predicted octanol–water partition coefficient (Wildman–Crippen LogP) is -0.646. The van der Waals surface area contributed by atoms with Gasteiger partial charge in [-0.3, -0.25) is 20.2 Å². The van der Waals surface area contributed by atoms with Crippen molar-refractivity contribution in [2.75, 3.05) is 18.6 Å². The first-order valence-electron chi connectivity index (χ1n) is 3.80. The second kappa shape index (κ2) is 4.47. The number of carbonyl (C=O) groups excluding carboxylic acids is 2. The summed E-state index contributed by atoms with van der Waals surface area (Å²) in [7, 11) is 0. The van der Waals surface area contributed by atoms with E-state index < -0.39 is 0 Å². The van der Waals surface area contributed by atoms with Crippen LogP contribution < -0.4 is 10.6 Å². The molecule has 5 heteroatoms. The Balaban J connectivity index is 2.35. The van der Waals surface area contributed by atoms with E-state index in [2.05, 4.69) is 10.6 Å². The normalized spacial score (nSPS) is 23.9. The van der Waals surface area contributed by atoms with Gasteiger partial charge in [0.25, 0.3) is 0 Å². The number of hydrogen-bond acceptors (Lipinski definition) is 4. The van der Waals surface area contributed by atoms with Crippen molar-refractivity contribution in [1.82, 2.24) is 10.6 Å². The van der Waals surface area contributed by atoms with Crippen LogP contribution in [0.5, 0.6) is 0 Å². The molecule has 2 N–H and O–H groups in total. The molecule has 0 spiro atoms. The van der Waals surface area contributed by atoms with Crippen molar-refractivity contribution in [2.45, 2.75) is 12.5 Å². The minimum Gasteiger partial charge on any atom is -0.297 e. The molecule has 0 bridgehead atoms. The topological polar surface area (TPSA) is 58.2 Å². The maximum Gasteiger partial charge on any atom is 0.243 e. The Bertz CT molecular complexity index is 196. The van der Waals surface area contributed by atoms with Crippen molar-refractivity contribution < 1.29 is 9.59 Å². The van der Waals surface area contributed by atoms with Gasteiger partial charge in [-0.05, 0) is 18.4 Å². The SMILES string of the molecule is CSCCC1NCC(=O)NC1=O. The molecule has 0 radical (unpaired) electrons. The number of rotatable bonds is 3. The highest BCUT2D eigenvalue weighted by molar-refractivity contribution is 7.98. The molecule has 4 nitrogen and oxygen atoms in total. The third-order valence-electron chi connectivity index (χ3n) is 1.70. The number of imide groups is 1. The van der Waals surface area contributed by atoms with Crippen LogP contribution in [0, 0.1) is 0 Å². The molecule has 0 aromatic heterocycles. The van der Waals surface area contributed by atoms with Gasteiger partial charge in [-0.25, -0.2) is 0 Å². The van der Waals surface area contributed by atoms with Gasteiger partial charge in [0.2, 0.25) is 11.8 Å². The van der Waals surface area contributed by atoms with Gasteiger partial charge in [-0.15, -0.1) is 0 Å². The van der Waals surface area contributed by atoms with Crippen molar-refractivity contribution in [1.29, 1.82) is 0 Å². The van der Waals surface area contributed by atoms with Crippen molar-refractivity contribution in [3.05, 3.63) is 0 Å². The molecule has 0 aliphatic carbocycles. The van der Waals surface area contributed by atoms with Gasteiger partial charge in [0, 0.05) is 0 Å². The van der Waals surface area contributed by atoms with Crippen LogP contribution in [0.4, 0.5) is 0 Å². The number of amides is 2. The van der Waals surface area contributed by atoms with Gasteiger partial charge >= 0.3 is 0 Å². The Morgan fingerprint density at radius 1 is 1.58 bits per heavy atom. The Morgan fingerprint density at radius 3 is 2.92 bits per heavy atom. The minimum absolute atomic E-state index is 0.185. The van der Waals surface area contributed by atoms with E-state index in [4.69, 9.17) is 0 Å². The summed E-state index contributed by atoms with van der Waals surface area (Å²) < 4.78 is 0. The van der Waals surface area contributed by atoms with Crippen LogP contribution in [-0.2, 0) is 9.59 Å². The molecule has 2 amide bonds. The van der Waals surface area contributed by atoms with Crippen molar-refractivity contribution in [3.63, 3.8) is 0 Å². The molecule has 12 heavy (non-hydrogen) atoms. The predicted molar refractivity (Wildman–Crippen MR) is 47.9 cm³/mol. The molecule has 0 saturated carbocycles. The second-order valence-corrected chi connectivity index (χ2v) is 3.61. The van der Waals surface area contributed by atoms with Crippen LogP contribution in [0.25, 0.3) is 0 Å². The van der Waals surface area contributed by atoms with Crippen LogP contribution in [0.15, 0.2) is 0 Å². The van der Waals surface area contributed by atoms with Crippen LogP contribution >= 0.6 is 11.8 Å². The Labute approximate surface area is 75.5 Å². The monoisotopic (exact) mass is 188 g/mol. The maximum atomic E-state index is 11.1. The lowest BCUT2D eigenvalue weighted by Gasteiger charge is -2.21. The van der Waals surface area contributed by atoms with Gasteiger partial charge in [0.1, 0.15) is 0 Å². The zero-order chi connectivity index (χ0) is 8.97. The smallest absolute Gasteiger partial charge is 0.243 e. The highest BCUT2D eigenvalue weighted by atomic mass is 32.2. The molecule has 0 aromatic rings. The van der Waals surface area contributed by atoms with E-state index in [0.717, 1.165) is 12.2 Å². The van der Waals surface area contributed by atoms with E-state index in [-0.39, 0.29) is 24.4 Å². The molecule has 1 aliphatic rings. The Morgan fingerprint density at radius 2 is 2.33 bits per heavy atom. The quantitative estimate of drug-likeness (QED) is 0.578. The fourth-order valence-corrected chi connectivity index (χ4v) is 1.52. The molecule has 1 fully saturated rings. The highest BCUT2D eigenvalue weighted by Crippen LogP contribution is 2.02. The summed E-state index contributed by atoms with van der Waals surface area (Å²) in [6, 6.07) is -0.185. The number of carbonyl (C=O) groups is 2. The lowest BCUT2D eigenvalue weighted by molar-refractivity contribution is -0.134. The standard InChI is InChI=1S/C7H12N2O2S/c1-12-3-2-5-7(11)9-6(10)4-8-5/h5,8H,2-4H2,1H3,(H,9,10,11).